The minimum atomic E-state index is -0.413. The zero-order valence-electron chi connectivity index (χ0n) is 15.5. The largest absolute Gasteiger partial charge is 0.459 e. The molecule has 140 valence electrons. The van der Waals surface area contributed by atoms with Crippen molar-refractivity contribution in [1.82, 2.24) is 10.6 Å². The van der Waals surface area contributed by atoms with Crippen LogP contribution < -0.4 is 15.4 Å². The van der Waals surface area contributed by atoms with E-state index >= 15 is 0 Å². The van der Waals surface area contributed by atoms with Crippen molar-refractivity contribution < 1.29 is 14.3 Å². The second kappa shape index (κ2) is 8.22. The number of carbonyl (C=O) groups excluding carboxylic acids is 1. The number of carbonyl (C=O) groups is 1. The molecule has 5 nitrogen and oxygen atoms in total. The van der Waals surface area contributed by atoms with Gasteiger partial charge in [-0.05, 0) is 62.8 Å². The van der Waals surface area contributed by atoms with Crippen molar-refractivity contribution in [2.24, 2.45) is 0 Å². The number of ether oxygens (including phenoxy) is 2. The summed E-state index contributed by atoms with van der Waals surface area (Å²) >= 11 is 5.29. The fourth-order valence-corrected chi connectivity index (χ4v) is 3.15. The average Bonchev–Trinajstić information content (AvgIpc) is 2.61. The molecule has 2 aromatic rings. The van der Waals surface area contributed by atoms with Crippen molar-refractivity contribution in [3.8, 4) is 11.5 Å². The van der Waals surface area contributed by atoms with Gasteiger partial charge in [-0.25, -0.2) is 4.79 Å². The summed E-state index contributed by atoms with van der Waals surface area (Å²) in [6.07, 6.45) is -0.208. The maximum Gasteiger partial charge on any atom is 0.338 e. The molecule has 6 heteroatoms. The maximum absolute atomic E-state index is 12.7. The first-order valence-corrected chi connectivity index (χ1v) is 9.17. The van der Waals surface area contributed by atoms with Gasteiger partial charge in [0, 0.05) is 5.70 Å². The number of rotatable bonds is 5. The number of hydrogen-bond donors (Lipinski definition) is 2. The lowest BCUT2D eigenvalue weighted by atomic mass is 9.95. The zero-order valence-corrected chi connectivity index (χ0v) is 16.3. The molecule has 0 saturated carbocycles. The van der Waals surface area contributed by atoms with Gasteiger partial charge in [-0.15, -0.1) is 0 Å². The highest BCUT2D eigenvalue weighted by atomic mass is 32.1. The lowest BCUT2D eigenvalue weighted by Crippen LogP contribution is -2.45. The minimum Gasteiger partial charge on any atom is -0.459 e. The Labute approximate surface area is 164 Å². The van der Waals surface area contributed by atoms with Crippen LogP contribution in [0.2, 0.25) is 0 Å². The fourth-order valence-electron chi connectivity index (χ4n) is 2.87. The van der Waals surface area contributed by atoms with E-state index in [1.807, 2.05) is 75.4 Å². The Hall–Kier alpha value is -2.86. The number of nitrogens with one attached hydrogen (secondary N) is 2. The van der Waals surface area contributed by atoms with Gasteiger partial charge in [0.15, 0.2) is 5.11 Å². The summed E-state index contributed by atoms with van der Waals surface area (Å²) in [6.45, 7) is 5.47. The van der Waals surface area contributed by atoms with Gasteiger partial charge in [-0.3, -0.25) is 0 Å². The molecule has 0 unspecified atom stereocenters. The summed E-state index contributed by atoms with van der Waals surface area (Å²) in [4.78, 5) is 12.7. The zero-order chi connectivity index (χ0) is 19.4. The van der Waals surface area contributed by atoms with E-state index in [9.17, 15) is 4.79 Å². The summed E-state index contributed by atoms with van der Waals surface area (Å²) in [7, 11) is 0. The lowest BCUT2D eigenvalue weighted by Gasteiger charge is -2.30. The molecule has 1 aliphatic heterocycles. The lowest BCUT2D eigenvalue weighted by molar-refractivity contribution is -0.143. The molecule has 1 aliphatic rings. The van der Waals surface area contributed by atoms with E-state index < -0.39 is 6.04 Å². The number of thiocarbonyl (C=S) groups is 1. The first-order chi connectivity index (χ1) is 12.9. The molecular weight excluding hydrogens is 360 g/mol. The Kier molecular flexibility index (Phi) is 5.76. The van der Waals surface area contributed by atoms with Crippen LogP contribution in [0.4, 0.5) is 0 Å². The van der Waals surface area contributed by atoms with Gasteiger partial charge in [0.05, 0.1) is 17.7 Å². The molecule has 0 saturated heterocycles. The minimum absolute atomic E-state index is 0.208. The molecule has 0 fully saturated rings. The third-order valence-corrected chi connectivity index (χ3v) is 4.22. The van der Waals surface area contributed by atoms with Gasteiger partial charge >= 0.3 is 5.97 Å². The van der Waals surface area contributed by atoms with Crippen LogP contribution in [0.1, 0.15) is 32.4 Å². The number of allylic oxidation sites excluding steroid dienone is 1. The molecule has 27 heavy (non-hydrogen) atoms. The molecule has 3 rings (SSSR count). The van der Waals surface area contributed by atoms with E-state index in [1.54, 1.807) is 0 Å². The Balaban J connectivity index is 1.92. The SMILES string of the molecule is CC1=C(C(=O)OC(C)C)[C@H](c2cccc(Oc3ccccc3)c2)NC(=S)N1. The Morgan fingerprint density at radius 2 is 1.78 bits per heavy atom. The smallest absolute Gasteiger partial charge is 0.338 e. The quantitative estimate of drug-likeness (QED) is 0.596. The van der Waals surface area contributed by atoms with Gasteiger partial charge in [0.2, 0.25) is 0 Å². The van der Waals surface area contributed by atoms with Gasteiger partial charge in [-0.1, -0.05) is 30.3 Å². The molecule has 0 bridgehead atoms. The molecule has 0 radical (unpaired) electrons. The van der Waals surface area contributed by atoms with Crippen LogP contribution in [0.15, 0.2) is 65.9 Å². The van der Waals surface area contributed by atoms with Crippen molar-refractivity contribution in [1.29, 1.82) is 0 Å². The van der Waals surface area contributed by atoms with Crippen molar-refractivity contribution >= 4 is 23.3 Å². The number of benzene rings is 2. The Morgan fingerprint density at radius 3 is 2.48 bits per heavy atom. The standard InChI is InChI=1S/C21H22N2O3S/c1-13(2)25-20(24)18-14(3)22-21(27)23-19(18)15-8-7-11-17(12-15)26-16-9-5-4-6-10-16/h4-13,19H,1-3H3,(H2,22,23,27)/t19-/m0/s1. The molecule has 0 amide bonds. The second-order valence-electron chi connectivity index (χ2n) is 6.51. The van der Waals surface area contributed by atoms with Gasteiger partial charge in [0.1, 0.15) is 11.5 Å². The molecular formula is C21H22N2O3S. The molecule has 0 aromatic heterocycles. The van der Waals surface area contributed by atoms with Gasteiger partial charge in [-0.2, -0.15) is 0 Å². The topological polar surface area (TPSA) is 59.6 Å². The summed E-state index contributed by atoms with van der Waals surface area (Å²) < 4.78 is 11.3. The Morgan fingerprint density at radius 1 is 1.07 bits per heavy atom. The van der Waals surface area contributed by atoms with E-state index in [0.717, 1.165) is 11.3 Å². The van der Waals surface area contributed by atoms with E-state index in [2.05, 4.69) is 10.6 Å². The molecule has 1 heterocycles. The molecule has 0 aliphatic carbocycles. The van der Waals surface area contributed by atoms with E-state index in [0.29, 0.717) is 22.1 Å². The Bertz CT molecular complexity index is 878. The second-order valence-corrected chi connectivity index (χ2v) is 6.92. The number of esters is 1. The number of hydrogen-bond acceptors (Lipinski definition) is 4. The van der Waals surface area contributed by atoms with Crippen LogP contribution >= 0.6 is 12.2 Å². The van der Waals surface area contributed by atoms with E-state index in [-0.39, 0.29) is 12.1 Å². The first kappa shape index (κ1) is 18.9. The van der Waals surface area contributed by atoms with Crippen LogP contribution in [-0.4, -0.2) is 17.2 Å². The predicted molar refractivity (Wildman–Crippen MR) is 108 cm³/mol. The average molecular weight is 382 g/mol. The summed E-state index contributed by atoms with van der Waals surface area (Å²) in [5.74, 6) is 1.05. The third kappa shape index (κ3) is 4.65. The maximum atomic E-state index is 12.7. The number of para-hydroxylation sites is 1. The van der Waals surface area contributed by atoms with E-state index in [4.69, 9.17) is 21.7 Å². The summed E-state index contributed by atoms with van der Waals surface area (Å²) in [6, 6.07) is 16.7. The van der Waals surface area contributed by atoms with Crippen molar-refractivity contribution in [2.45, 2.75) is 32.9 Å². The van der Waals surface area contributed by atoms with Crippen molar-refractivity contribution in [3.63, 3.8) is 0 Å². The van der Waals surface area contributed by atoms with Gasteiger partial charge in [0.25, 0.3) is 0 Å². The molecule has 0 spiro atoms. The monoisotopic (exact) mass is 382 g/mol. The van der Waals surface area contributed by atoms with Crippen LogP contribution in [0.5, 0.6) is 11.5 Å². The van der Waals surface area contributed by atoms with Crippen LogP contribution in [0.3, 0.4) is 0 Å². The predicted octanol–water partition coefficient (Wildman–Crippen LogP) is 4.22. The highest BCUT2D eigenvalue weighted by molar-refractivity contribution is 7.80. The highest BCUT2D eigenvalue weighted by Crippen LogP contribution is 2.31. The van der Waals surface area contributed by atoms with Crippen LogP contribution in [0.25, 0.3) is 0 Å². The van der Waals surface area contributed by atoms with E-state index in [1.165, 1.54) is 0 Å². The van der Waals surface area contributed by atoms with Gasteiger partial charge < -0.3 is 20.1 Å². The third-order valence-electron chi connectivity index (χ3n) is 4.00. The normalized spacial score (nSPS) is 16.6. The molecule has 1 atom stereocenters. The summed E-state index contributed by atoms with van der Waals surface area (Å²) in [5, 5.41) is 6.64. The van der Waals surface area contributed by atoms with Crippen LogP contribution in [0, 0.1) is 0 Å². The first-order valence-electron chi connectivity index (χ1n) is 8.76. The van der Waals surface area contributed by atoms with Crippen LogP contribution in [-0.2, 0) is 9.53 Å². The van der Waals surface area contributed by atoms with Crippen molar-refractivity contribution in [3.05, 3.63) is 71.4 Å². The molecule has 2 aromatic carbocycles. The highest BCUT2D eigenvalue weighted by Gasteiger charge is 2.31. The summed E-state index contributed by atoms with van der Waals surface area (Å²) in [5.41, 5.74) is 2.06. The fraction of sp³-hybridized carbons (Fsp3) is 0.238. The molecule has 2 N–H and O–H groups in total. The van der Waals surface area contributed by atoms with Crippen molar-refractivity contribution in [2.75, 3.05) is 0 Å².